The second-order valence-corrected chi connectivity index (χ2v) is 7.90. The van der Waals surface area contributed by atoms with Crippen LogP contribution >= 0.6 is 0 Å². The third-order valence-electron chi connectivity index (χ3n) is 4.44. The van der Waals surface area contributed by atoms with E-state index in [1.165, 1.54) is 6.42 Å². The molecule has 22 heavy (non-hydrogen) atoms. The van der Waals surface area contributed by atoms with Gasteiger partial charge in [-0.1, -0.05) is 0 Å². The number of carbonyl (C=O) groups is 1. The summed E-state index contributed by atoms with van der Waals surface area (Å²) < 4.78 is 5.51. The van der Waals surface area contributed by atoms with E-state index in [1.54, 1.807) is 0 Å². The molecule has 5 heteroatoms. The molecule has 1 amide bonds. The van der Waals surface area contributed by atoms with E-state index in [0.717, 1.165) is 52.0 Å². The first kappa shape index (κ1) is 17.5. The molecule has 2 aliphatic rings. The van der Waals surface area contributed by atoms with Crippen molar-refractivity contribution in [2.24, 2.45) is 11.8 Å². The van der Waals surface area contributed by atoms with Crippen molar-refractivity contribution in [2.75, 3.05) is 39.3 Å². The van der Waals surface area contributed by atoms with Gasteiger partial charge in [-0.3, -0.25) is 0 Å². The zero-order valence-corrected chi connectivity index (χ0v) is 14.4. The second kappa shape index (κ2) is 7.64. The molecule has 2 heterocycles. The number of nitrogens with zero attached hydrogens (tertiary/aromatic N) is 2. The van der Waals surface area contributed by atoms with Crippen molar-refractivity contribution in [3.8, 4) is 0 Å². The highest BCUT2D eigenvalue weighted by atomic mass is 16.6. The van der Waals surface area contributed by atoms with Crippen molar-refractivity contribution in [1.82, 2.24) is 9.80 Å². The molecule has 2 fully saturated rings. The maximum Gasteiger partial charge on any atom is 0.410 e. The van der Waals surface area contributed by atoms with Crippen LogP contribution in [0.2, 0.25) is 0 Å². The molecule has 2 bridgehead atoms. The highest BCUT2D eigenvalue weighted by Crippen LogP contribution is 2.29. The van der Waals surface area contributed by atoms with Gasteiger partial charge in [0.1, 0.15) is 5.60 Å². The van der Waals surface area contributed by atoms with Crippen LogP contribution in [0.4, 0.5) is 4.79 Å². The maximum absolute atomic E-state index is 12.2. The van der Waals surface area contributed by atoms with Gasteiger partial charge in [0.2, 0.25) is 0 Å². The first-order valence-corrected chi connectivity index (χ1v) is 8.68. The molecule has 0 spiro atoms. The van der Waals surface area contributed by atoms with Crippen molar-refractivity contribution in [3.63, 3.8) is 0 Å². The quantitative estimate of drug-likeness (QED) is 0.792. The Bertz CT molecular complexity index is 353. The summed E-state index contributed by atoms with van der Waals surface area (Å²) in [5.74, 6) is 1.16. The first-order chi connectivity index (χ1) is 10.4. The molecule has 2 saturated heterocycles. The van der Waals surface area contributed by atoms with Crippen LogP contribution in [0.3, 0.4) is 0 Å². The highest BCUT2D eigenvalue weighted by molar-refractivity contribution is 5.68. The Labute approximate surface area is 134 Å². The number of aliphatic hydroxyl groups is 1. The van der Waals surface area contributed by atoms with Gasteiger partial charge in [-0.25, -0.2) is 4.79 Å². The van der Waals surface area contributed by atoms with Crippen LogP contribution in [-0.2, 0) is 4.74 Å². The molecule has 2 rings (SSSR count). The molecule has 0 radical (unpaired) electrons. The average molecular weight is 312 g/mol. The van der Waals surface area contributed by atoms with E-state index in [0.29, 0.717) is 18.4 Å². The lowest BCUT2D eigenvalue weighted by Gasteiger charge is -2.45. The Morgan fingerprint density at radius 2 is 1.73 bits per heavy atom. The van der Waals surface area contributed by atoms with Gasteiger partial charge in [0.15, 0.2) is 0 Å². The number of hydrogen-bond donors (Lipinski definition) is 1. The zero-order chi connectivity index (χ0) is 16.2. The van der Waals surface area contributed by atoms with Crippen LogP contribution in [0.15, 0.2) is 0 Å². The van der Waals surface area contributed by atoms with Gasteiger partial charge in [0.25, 0.3) is 0 Å². The van der Waals surface area contributed by atoms with Gasteiger partial charge in [-0.2, -0.15) is 0 Å². The number of fused-ring (bicyclic) bond motifs is 2. The summed E-state index contributed by atoms with van der Waals surface area (Å²) in [5, 5.41) is 8.83. The smallest absolute Gasteiger partial charge is 0.410 e. The Morgan fingerprint density at radius 3 is 2.27 bits per heavy atom. The van der Waals surface area contributed by atoms with Crippen molar-refractivity contribution >= 4 is 6.09 Å². The van der Waals surface area contributed by atoms with E-state index in [-0.39, 0.29) is 6.09 Å². The van der Waals surface area contributed by atoms with Crippen LogP contribution in [0.1, 0.15) is 46.5 Å². The standard InChI is InChI=1S/C17H32N2O3/c1-17(2,3)22-16(21)19-12-14-9-15(13-19)11-18(10-14)7-5-4-6-8-20/h14-15,20H,4-13H2,1-3H3. The number of carbonyl (C=O) groups excluding carboxylic acids is 1. The fourth-order valence-electron chi connectivity index (χ4n) is 3.67. The van der Waals surface area contributed by atoms with E-state index in [4.69, 9.17) is 9.84 Å². The molecule has 2 aliphatic heterocycles. The predicted octanol–water partition coefficient (Wildman–Crippen LogP) is 2.34. The molecule has 0 saturated carbocycles. The van der Waals surface area contributed by atoms with Crippen molar-refractivity contribution in [1.29, 1.82) is 0 Å². The molecular formula is C17H32N2O3. The van der Waals surface area contributed by atoms with Crippen LogP contribution < -0.4 is 0 Å². The summed E-state index contributed by atoms with van der Waals surface area (Å²) in [6, 6.07) is 0. The number of piperidine rings is 2. The fourth-order valence-corrected chi connectivity index (χ4v) is 3.67. The average Bonchev–Trinajstić information content (AvgIpc) is 2.41. The summed E-state index contributed by atoms with van der Waals surface area (Å²) in [6.45, 7) is 11.0. The normalized spacial score (nSPS) is 26.1. The zero-order valence-electron chi connectivity index (χ0n) is 14.4. The molecule has 2 atom stereocenters. The maximum atomic E-state index is 12.2. The van der Waals surface area contributed by atoms with Crippen LogP contribution in [-0.4, -0.2) is 65.9 Å². The van der Waals surface area contributed by atoms with Gasteiger partial charge >= 0.3 is 6.09 Å². The molecule has 2 unspecified atom stereocenters. The molecule has 0 aromatic heterocycles. The fraction of sp³-hybridized carbons (Fsp3) is 0.941. The molecule has 1 N–H and O–H groups in total. The Balaban J connectivity index is 1.78. The lowest BCUT2D eigenvalue weighted by Crippen LogP contribution is -2.54. The number of hydrogen-bond acceptors (Lipinski definition) is 4. The molecule has 0 aromatic rings. The third kappa shape index (κ3) is 5.43. The minimum Gasteiger partial charge on any atom is -0.444 e. The van der Waals surface area contributed by atoms with Gasteiger partial charge in [0, 0.05) is 32.8 Å². The number of aliphatic hydroxyl groups excluding tert-OH is 1. The summed E-state index contributed by atoms with van der Waals surface area (Å²) in [7, 11) is 0. The Morgan fingerprint density at radius 1 is 1.09 bits per heavy atom. The van der Waals surface area contributed by atoms with E-state index in [1.807, 2.05) is 25.7 Å². The number of unbranched alkanes of at least 4 members (excludes halogenated alkanes) is 2. The van der Waals surface area contributed by atoms with Gasteiger partial charge in [-0.05, 0) is 64.8 Å². The third-order valence-corrected chi connectivity index (χ3v) is 4.44. The predicted molar refractivity (Wildman–Crippen MR) is 86.8 cm³/mol. The number of rotatable bonds is 5. The van der Waals surface area contributed by atoms with Gasteiger partial charge in [-0.15, -0.1) is 0 Å². The topological polar surface area (TPSA) is 53.0 Å². The second-order valence-electron chi connectivity index (χ2n) is 7.90. The minimum atomic E-state index is -0.414. The molecule has 0 aromatic carbocycles. The van der Waals surface area contributed by atoms with Crippen LogP contribution in [0.25, 0.3) is 0 Å². The molecule has 0 aliphatic carbocycles. The molecular weight excluding hydrogens is 280 g/mol. The number of amides is 1. The highest BCUT2D eigenvalue weighted by Gasteiger charge is 2.37. The summed E-state index contributed by atoms with van der Waals surface area (Å²) in [6.07, 6.45) is 4.26. The SMILES string of the molecule is CC(C)(C)OC(=O)N1CC2CC(CN(CCCCCO)C2)C1. The van der Waals surface area contributed by atoms with E-state index >= 15 is 0 Å². The number of likely N-dealkylation sites (tertiary alicyclic amines) is 2. The van der Waals surface area contributed by atoms with E-state index < -0.39 is 5.60 Å². The van der Waals surface area contributed by atoms with Crippen molar-refractivity contribution in [2.45, 2.75) is 52.1 Å². The van der Waals surface area contributed by atoms with Gasteiger partial charge in [0.05, 0.1) is 0 Å². The lowest BCUT2D eigenvalue weighted by molar-refractivity contribution is -0.00971. The summed E-state index contributed by atoms with van der Waals surface area (Å²) in [4.78, 5) is 16.7. The summed E-state index contributed by atoms with van der Waals surface area (Å²) in [5.41, 5.74) is -0.414. The Kier molecular flexibility index (Phi) is 6.09. The van der Waals surface area contributed by atoms with Crippen molar-refractivity contribution < 1.29 is 14.6 Å². The monoisotopic (exact) mass is 312 g/mol. The number of ether oxygens (including phenoxy) is 1. The Hall–Kier alpha value is -0.810. The largest absolute Gasteiger partial charge is 0.444 e. The van der Waals surface area contributed by atoms with Gasteiger partial charge < -0.3 is 19.6 Å². The molecule has 5 nitrogen and oxygen atoms in total. The minimum absolute atomic E-state index is 0.154. The first-order valence-electron chi connectivity index (χ1n) is 8.68. The van der Waals surface area contributed by atoms with E-state index in [9.17, 15) is 4.79 Å². The van der Waals surface area contributed by atoms with E-state index in [2.05, 4.69) is 4.90 Å². The van der Waals surface area contributed by atoms with Crippen LogP contribution in [0.5, 0.6) is 0 Å². The summed E-state index contributed by atoms with van der Waals surface area (Å²) >= 11 is 0. The molecule has 128 valence electrons. The lowest BCUT2D eigenvalue weighted by atomic mass is 9.84. The van der Waals surface area contributed by atoms with Crippen molar-refractivity contribution in [3.05, 3.63) is 0 Å². The van der Waals surface area contributed by atoms with Crippen LogP contribution in [0, 0.1) is 11.8 Å².